The number of aromatic nitrogens is 7. The largest absolute Gasteiger partial charge is 0.468 e. The molecule has 5 aromatic rings. The van der Waals surface area contributed by atoms with Gasteiger partial charge in [-0.25, -0.2) is 24.9 Å². The number of hydrogen-bond acceptors (Lipinski definition) is 10. The van der Waals surface area contributed by atoms with Crippen LogP contribution in [0.15, 0.2) is 61.2 Å². The van der Waals surface area contributed by atoms with Gasteiger partial charge in [-0.2, -0.15) is 15.0 Å². The molecule has 4 aromatic heterocycles. The molecule has 0 radical (unpaired) electrons. The number of nitrogens with zero attached hydrogens (tertiary/aromatic N) is 9. The molecule has 0 amide bonds. The lowest BCUT2D eigenvalue weighted by atomic mass is 10.0. The Morgan fingerprint density at radius 3 is 2.71 bits per heavy atom. The van der Waals surface area contributed by atoms with Gasteiger partial charge in [0.25, 0.3) is 0 Å². The van der Waals surface area contributed by atoms with Gasteiger partial charge in [0, 0.05) is 18.0 Å². The Bertz CT molecular complexity index is 1600. The second kappa shape index (κ2) is 8.61. The second-order valence-electron chi connectivity index (χ2n) is 7.00. The Morgan fingerprint density at radius 1 is 1.00 bits per heavy atom. The summed E-state index contributed by atoms with van der Waals surface area (Å²) in [4.78, 5) is 21.6. The van der Waals surface area contributed by atoms with Crippen molar-refractivity contribution in [1.29, 1.82) is 10.5 Å². The Balaban J connectivity index is 1.65. The molecule has 0 aliphatic rings. The second-order valence-corrected chi connectivity index (χ2v) is 7.00. The summed E-state index contributed by atoms with van der Waals surface area (Å²) in [7, 11) is 0. The van der Waals surface area contributed by atoms with Crippen LogP contribution in [0.2, 0.25) is 0 Å². The molecule has 0 spiro atoms. The van der Waals surface area contributed by atoms with E-state index in [0.717, 1.165) is 0 Å². The third-order valence-corrected chi connectivity index (χ3v) is 4.89. The molecular formula is C23H14N10O. The van der Waals surface area contributed by atoms with Crippen LogP contribution in [-0.2, 0) is 6.61 Å². The molecule has 34 heavy (non-hydrogen) atoms. The SMILES string of the molecule is N#Cc1cccc(-c2nc(N)n3nc(COc4ncccc4C#N)nc3c2-c2ccncn2)c1. The van der Waals surface area contributed by atoms with Gasteiger partial charge in [-0.05, 0) is 30.3 Å². The minimum absolute atomic E-state index is 0.0464. The molecular weight excluding hydrogens is 432 g/mol. The van der Waals surface area contributed by atoms with Crippen molar-refractivity contribution >= 4 is 11.6 Å². The summed E-state index contributed by atoms with van der Waals surface area (Å²) in [6.07, 6.45) is 4.56. The number of anilines is 1. The molecule has 11 nitrogen and oxygen atoms in total. The molecule has 4 heterocycles. The highest BCUT2D eigenvalue weighted by molar-refractivity contribution is 5.89. The van der Waals surface area contributed by atoms with Crippen molar-refractivity contribution in [2.24, 2.45) is 0 Å². The van der Waals surface area contributed by atoms with Crippen LogP contribution >= 0.6 is 0 Å². The zero-order valence-corrected chi connectivity index (χ0v) is 17.5. The minimum atomic E-state index is -0.0464. The Labute approximate surface area is 192 Å². The Morgan fingerprint density at radius 2 is 1.91 bits per heavy atom. The topological polar surface area (TPSA) is 165 Å². The van der Waals surface area contributed by atoms with E-state index in [9.17, 15) is 10.5 Å². The van der Waals surface area contributed by atoms with Gasteiger partial charge in [0.1, 0.15) is 18.0 Å². The molecule has 11 heteroatoms. The molecule has 0 saturated carbocycles. The van der Waals surface area contributed by atoms with E-state index in [1.54, 1.807) is 42.6 Å². The minimum Gasteiger partial charge on any atom is -0.468 e. The van der Waals surface area contributed by atoms with Crippen molar-refractivity contribution in [3.05, 3.63) is 78.1 Å². The fraction of sp³-hybridized carbons (Fsp3) is 0.0435. The summed E-state index contributed by atoms with van der Waals surface area (Å²) in [6.45, 7) is -0.0464. The average Bonchev–Trinajstić information content (AvgIpc) is 3.33. The maximum Gasteiger partial charge on any atom is 0.232 e. The predicted octanol–water partition coefficient (Wildman–Crippen LogP) is 2.55. The summed E-state index contributed by atoms with van der Waals surface area (Å²) < 4.78 is 7.08. The molecule has 0 aliphatic heterocycles. The van der Waals surface area contributed by atoms with Crippen LogP contribution in [0.5, 0.6) is 5.88 Å². The average molecular weight is 446 g/mol. The fourth-order valence-corrected chi connectivity index (χ4v) is 3.40. The van der Waals surface area contributed by atoms with Crippen LogP contribution in [0.3, 0.4) is 0 Å². The lowest BCUT2D eigenvalue weighted by Gasteiger charge is -2.11. The lowest BCUT2D eigenvalue weighted by Crippen LogP contribution is -2.06. The number of pyridine rings is 1. The molecule has 1 aromatic carbocycles. The van der Waals surface area contributed by atoms with Crippen LogP contribution in [0.1, 0.15) is 17.0 Å². The molecule has 0 aliphatic carbocycles. The molecule has 0 unspecified atom stereocenters. The number of ether oxygens (including phenoxy) is 1. The predicted molar refractivity (Wildman–Crippen MR) is 120 cm³/mol. The zero-order valence-electron chi connectivity index (χ0n) is 17.5. The third-order valence-electron chi connectivity index (χ3n) is 4.89. The number of rotatable bonds is 5. The summed E-state index contributed by atoms with van der Waals surface area (Å²) in [6, 6.07) is 16.2. The molecule has 0 atom stereocenters. The number of nitriles is 2. The first-order valence-electron chi connectivity index (χ1n) is 9.98. The van der Waals surface area contributed by atoms with Crippen LogP contribution < -0.4 is 10.5 Å². The van der Waals surface area contributed by atoms with Gasteiger partial charge in [0.2, 0.25) is 11.8 Å². The van der Waals surface area contributed by atoms with Gasteiger partial charge < -0.3 is 10.5 Å². The van der Waals surface area contributed by atoms with Gasteiger partial charge in [0.15, 0.2) is 18.1 Å². The number of hydrogen-bond donors (Lipinski definition) is 1. The maximum absolute atomic E-state index is 9.33. The van der Waals surface area contributed by atoms with Gasteiger partial charge in [-0.3, -0.25) is 0 Å². The van der Waals surface area contributed by atoms with E-state index in [-0.39, 0.29) is 18.4 Å². The smallest absolute Gasteiger partial charge is 0.232 e. The third kappa shape index (κ3) is 3.70. The quantitative estimate of drug-likeness (QED) is 0.424. The molecule has 2 N–H and O–H groups in total. The molecule has 0 fully saturated rings. The molecule has 0 bridgehead atoms. The molecule has 5 rings (SSSR count). The standard InChI is InChI=1S/C23H14N10O/c24-10-14-3-1-4-15(9-14)20-19(17-6-8-27-13-29-17)21-30-18(32-33(21)23(26)31-20)12-34-22-16(11-25)5-2-7-28-22/h1-9,13H,12H2,(H2,26,31). The number of benzene rings is 1. The van der Waals surface area contributed by atoms with Gasteiger partial charge >= 0.3 is 0 Å². The summed E-state index contributed by atoms with van der Waals surface area (Å²) in [5.41, 5.74) is 9.72. The summed E-state index contributed by atoms with van der Waals surface area (Å²) in [5.74, 6) is 0.584. The summed E-state index contributed by atoms with van der Waals surface area (Å²) in [5, 5.41) is 23.0. The van der Waals surface area contributed by atoms with E-state index < -0.39 is 0 Å². The van der Waals surface area contributed by atoms with Crippen molar-refractivity contribution in [2.75, 3.05) is 5.73 Å². The first-order valence-corrected chi connectivity index (χ1v) is 9.98. The number of fused-ring (bicyclic) bond motifs is 1. The van der Waals surface area contributed by atoms with Crippen molar-refractivity contribution < 1.29 is 4.74 Å². The van der Waals surface area contributed by atoms with E-state index in [1.807, 2.05) is 12.1 Å². The van der Waals surface area contributed by atoms with Crippen LogP contribution in [0.4, 0.5) is 5.95 Å². The van der Waals surface area contributed by atoms with Crippen molar-refractivity contribution in [3.8, 4) is 40.5 Å². The van der Waals surface area contributed by atoms with E-state index in [0.29, 0.717) is 45.1 Å². The highest BCUT2D eigenvalue weighted by Crippen LogP contribution is 2.34. The Kier molecular flexibility index (Phi) is 5.18. The van der Waals surface area contributed by atoms with Crippen molar-refractivity contribution in [3.63, 3.8) is 0 Å². The van der Waals surface area contributed by atoms with Crippen molar-refractivity contribution in [1.82, 2.24) is 34.5 Å². The normalized spacial score (nSPS) is 10.5. The van der Waals surface area contributed by atoms with E-state index in [4.69, 9.17) is 10.5 Å². The van der Waals surface area contributed by atoms with Crippen LogP contribution in [0, 0.1) is 22.7 Å². The maximum atomic E-state index is 9.33. The van der Waals surface area contributed by atoms with Gasteiger partial charge in [0.05, 0.1) is 28.6 Å². The van der Waals surface area contributed by atoms with Gasteiger partial charge in [-0.1, -0.05) is 12.1 Å². The zero-order chi connectivity index (χ0) is 23.5. The highest BCUT2D eigenvalue weighted by atomic mass is 16.5. The van der Waals surface area contributed by atoms with E-state index in [1.165, 1.54) is 17.0 Å². The van der Waals surface area contributed by atoms with Crippen LogP contribution in [-0.4, -0.2) is 34.5 Å². The molecule has 162 valence electrons. The monoisotopic (exact) mass is 446 g/mol. The summed E-state index contributed by atoms with van der Waals surface area (Å²) >= 11 is 0. The van der Waals surface area contributed by atoms with Gasteiger partial charge in [-0.15, -0.1) is 5.10 Å². The fourth-order valence-electron chi connectivity index (χ4n) is 3.40. The van der Waals surface area contributed by atoms with E-state index >= 15 is 0 Å². The number of nitrogens with two attached hydrogens (primary N) is 1. The van der Waals surface area contributed by atoms with E-state index in [2.05, 4.69) is 36.1 Å². The first-order chi connectivity index (χ1) is 16.7. The lowest BCUT2D eigenvalue weighted by molar-refractivity contribution is 0.283. The van der Waals surface area contributed by atoms with Crippen molar-refractivity contribution in [2.45, 2.75) is 6.61 Å². The highest BCUT2D eigenvalue weighted by Gasteiger charge is 2.21. The molecule has 0 saturated heterocycles. The first kappa shape index (κ1) is 20.5. The van der Waals surface area contributed by atoms with Crippen LogP contribution in [0.25, 0.3) is 28.2 Å². The number of nitrogen functional groups attached to an aromatic ring is 1. The Hall–Kier alpha value is -5.42.